The number of nitrogens with two attached hydrogens (primary N) is 2. The van der Waals surface area contributed by atoms with Crippen LogP contribution in [0.2, 0.25) is 0 Å². The highest BCUT2D eigenvalue weighted by Gasteiger charge is 2.07. The van der Waals surface area contributed by atoms with E-state index in [2.05, 4.69) is 4.98 Å². The first-order valence-corrected chi connectivity index (χ1v) is 4.20. The summed E-state index contributed by atoms with van der Waals surface area (Å²) in [5.41, 5.74) is 13.6. The number of fused-ring (bicyclic) bond motifs is 1. The van der Waals surface area contributed by atoms with Crippen LogP contribution in [0.15, 0.2) is 18.2 Å². The number of rotatable bonds is 0. The summed E-state index contributed by atoms with van der Waals surface area (Å²) >= 11 is 0. The fourth-order valence-electron chi connectivity index (χ4n) is 1.40. The van der Waals surface area contributed by atoms with Crippen molar-refractivity contribution in [1.82, 2.24) is 4.98 Å². The van der Waals surface area contributed by atoms with Crippen LogP contribution in [0.25, 0.3) is 10.9 Å². The summed E-state index contributed by atoms with van der Waals surface area (Å²) in [5, 5.41) is 0.563. The number of anilines is 2. The third-order valence-corrected chi connectivity index (χ3v) is 2.22. The Bertz CT molecular complexity index is 508. The number of nitrogen functional groups attached to an aromatic ring is 2. The molecule has 2 aromatic rings. The van der Waals surface area contributed by atoms with Crippen molar-refractivity contribution in [3.63, 3.8) is 0 Å². The first-order valence-electron chi connectivity index (χ1n) is 4.20. The van der Waals surface area contributed by atoms with E-state index in [-0.39, 0.29) is 5.82 Å². The molecule has 0 fully saturated rings. The minimum Gasteiger partial charge on any atom is -0.396 e. The quantitative estimate of drug-likeness (QED) is 0.667. The number of hydrogen-bond acceptors (Lipinski definition) is 3. The Morgan fingerprint density at radius 3 is 2.64 bits per heavy atom. The van der Waals surface area contributed by atoms with Gasteiger partial charge in [0.2, 0.25) is 0 Å². The fourth-order valence-corrected chi connectivity index (χ4v) is 1.40. The minimum atomic E-state index is -0.339. The summed E-state index contributed by atoms with van der Waals surface area (Å²) < 4.78 is 12.9. The summed E-state index contributed by atoms with van der Waals surface area (Å²) in [5.74, 6) is -0.339. The fraction of sp³-hybridized carbons (Fsp3) is 0.100. The Hall–Kier alpha value is -1.84. The van der Waals surface area contributed by atoms with E-state index in [4.69, 9.17) is 11.5 Å². The van der Waals surface area contributed by atoms with Gasteiger partial charge in [-0.1, -0.05) is 0 Å². The zero-order valence-corrected chi connectivity index (χ0v) is 7.71. The van der Waals surface area contributed by atoms with Gasteiger partial charge in [0.05, 0.1) is 22.6 Å². The average Bonchev–Trinajstić information content (AvgIpc) is 2.16. The van der Waals surface area contributed by atoms with Crippen molar-refractivity contribution in [2.45, 2.75) is 6.92 Å². The summed E-state index contributed by atoms with van der Waals surface area (Å²) in [6.07, 6.45) is 0. The van der Waals surface area contributed by atoms with Gasteiger partial charge in [-0.05, 0) is 25.1 Å². The monoisotopic (exact) mass is 191 g/mol. The third kappa shape index (κ3) is 1.16. The Morgan fingerprint density at radius 1 is 1.21 bits per heavy atom. The number of halogens is 1. The predicted molar refractivity (Wildman–Crippen MR) is 55.3 cm³/mol. The first kappa shape index (κ1) is 8.74. The predicted octanol–water partition coefficient (Wildman–Crippen LogP) is 1.85. The molecule has 0 atom stereocenters. The van der Waals surface area contributed by atoms with E-state index in [1.165, 1.54) is 12.1 Å². The molecule has 0 bridgehead atoms. The van der Waals surface area contributed by atoms with Crippen molar-refractivity contribution in [3.05, 3.63) is 29.7 Å². The molecule has 4 N–H and O–H groups in total. The molecule has 14 heavy (non-hydrogen) atoms. The lowest BCUT2D eigenvalue weighted by atomic mass is 10.1. The number of benzene rings is 1. The molecule has 1 heterocycles. The van der Waals surface area contributed by atoms with Gasteiger partial charge in [-0.15, -0.1) is 0 Å². The molecule has 3 nitrogen and oxygen atoms in total. The molecular weight excluding hydrogens is 181 g/mol. The molecule has 0 unspecified atom stereocenters. The van der Waals surface area contributed by atoms with Gasteiger partial charge < -0.3 is 11.5 Å². The number of nitrogens with zero attached hydrogens (tertiary/aromatic N) is 1. The number of aromatic nitrogens is 1. The van der Waals surface area contributed by atoms with E-state index < -0.39 is 0 Å². The second-order valence-electron chi connectivity index (χ2n) is 3.19. The molecular formula is C10H10FN3. The van der Waals surface area contributed by atoms with Crippen LogP contribution in [0.5, 0.6) is 0 Å². The van der Waals surface area contributed by atoms with Gasteiger partial charge >= 0.3 is 0 Å². The standard InChI is InChI=1S/C10H10FN3/c1-5-9(12)10(13)7-4-6(11)2-3-8(7)14-5/h2-4H,12H2,1H3,(H2,13,14). The molecule has 0 aliphatic carbocycles. The van der Waals surface area contributed by atoms with Gasteiger partial charge in [0.15, 0.2) is 0 Å². The van der Waals surface area contributed by atoms with Crippen molar-refractivity contribution in [1.29, 1.82) is 0 Å². The molecule has 4 heteroatoms. The van der Waals surface area contributed by atoms with E-state index >= 15 is 0 Å². The van der Waals surface area contributed by atoms with Crippen molar-refractivity contribution >= 4 is 22.3 Å². The van der Waals surface area contributed by atoms with Gasteiger partial charge in [0.25, 0.3) is 0 Å². The zero-order chi connectivity index (χ0) is 10.3. The molecule has 0 spiro atoms. The largest absolute Gasteiger partial charge is 0.396 e. The third-order valence-electron chi connectivity index (χ3n) is 2.22. The Labute approximate surface area is 80.5 Å². The Kier molecular flexibility index (Phi) is 1.77. The van der Waals surface area contributed by atoms with E-state index in [9.17, 15) is 4.39 Å². The average molecular weight is 191 g/mol. The van der Waals surface area contributed by atoms with Crippen molar-refractivity contribution in [3.8, 4) is 0 Å². The zero-order valence-electron chi connectivity index (χ0n) is 7.71. The van der Waals surface area contributed by atoms with Crippen LogP contribution in [0.4, 0.5) is 15.8 Å². The topological polar surface area (TPSA) is 64.9 Å². The SMILES string of the molecule is Cc1nc2ccc(F)cc2c(N)c1N. The molecule has 1 aromatic heterocycles. The maximum atomic E-state index is 12.9. The van der Waals surface area contributed by atoms with E-state index in [0.717, 1.165) is 0 Å². The number of pyridine rings is 1. The van der Waals surface area contributed by atoms with Crippen LogP contribution in [-0.4, -0.2) is 4.98 Å². The number of aryl methyl sites for hydroxylation is 1. The van der Waals surface area contributed by atoms with Crippen molar-refractivity contribution in [2.24, 2.45) is 0 Å². The summed E-state index contributed by atoms with van der Waals surface area (Å²) in [6.45, 7) is 1.77. The van der Waals surface area contributed by atoms with Crippen LogP contribution in [0.3, 0.4) is 0 Å². The second kappa shape index (κ2) is 2.83. The van der Waals surface area contributed by atoms with E-state index in [0.29, 0.717) is 28.0 Å². The summed E-state index contributed by atoms with van der Waals surface area (Å²) in [4.78, 5) is 4.21. The lowest BCUT2D eigenvalue weighted by Crippen LogP contribution is -2.01. The lowest BCUT2D eigenvalue weighted by molar-refractivity contribution is 0.629. The maximum absolute atomic E-state index is 12.9. The minimum absolute atomic E-state index is 0.339. The van der Waals surface area contributed by atoms with Crippen molar-refractivity contribution < 1.29 is 4.39 Å². The molecule has 0 aliphatic rings. The lowest BCUT2D eigenvalue weighted by Gasteiger charge is -2.07. The van der Waals surface area contributed by atoms with Gasteiger partial charge in [0.1, 0.15) is 5.82 Å². The number of hydrogen-bond donors (Lipinski definition) is 2. The van der Waals surface area contributed by atoms with Crippen LogP contribution in [0, 0.1) is 12.7 Å². The van der Waals surface area contributed by atoms with Gasteiger partial charge in [-0.2, -0.15) is 0 Å². The van der Waals surface area contributed by atoms with Gasteiger partial charge in [-0.25, -0.2) is 4.39 Å². The second-order valence-corrected chi connectivity index (χ2v) is 3.19. The summed E-state index contributed by atoms with van der Waals surface area (Å²) in [6, 6.07) is 4.28. The smallest absolute Gasteiger partial charge is 0.124 e. The molecule has 0 radical (unpaired) electrons. The van der Waals surface area contributed by atoms with Crippen LogP contribution < -0.4 is 11.5 Å². The Balaban J connectivity index is 2.92. The molecule has 2 rings (SSSR count). The molecule has 0 saturated heterocycles. The van der Waals surface area contributed by atoms with Gasteiger partial charge in [0, 0.05) is 5.39 Å². The van der Waals surface area contributed by atoms with Crippen LogP contribution >= 0.6 is 0 Å². The van der Waals surface area contributed by atoms with Gasteiger partial charge in [-0.3, -0.25) is 4.98 Å². The molecule has 72 valence electrons. The molecule has 0 aliphatic heterocycles. The maximum Gasteiger partial charge on any atom is 0.124 e. The van der Waals surface area contributed by atoms with Crippen LogP contribution in [0.1, 0.15) is 5.69 Å². The van der Waals surface area contributed by atoms with Crippen molar-refractivity contribution in [2.75, 3.05) is 11.5 Å². The summed E-state index contributed by atoms with van der Waals surface area (Å²) in [7, 11) is 0. The highest BCUT2D eigenvalue weighted by Crippen LogP contribution is 2.27. The normalized spacial score (nSPS) is 10.7. The van der Waals surface area contributed by atoms with Crippen LogP contribution in [-0.2, 0) is 0 Å². The molecule has 0 amide bonds. The first-order chi connectivity index (χ1) is 6.59. The Morgan fingerprint density at radius 2 is 1.93 bits per heavy atom. The highest BCUT2D eigenvalue weighted by molar-refractivity contribution is 5.96. The molecule has 1 aromatic carbocycles. The highest BCUT2D eigenvalue weighted by atomic mass is 19.1. The van der Waals surface area contributed by atoms with E-state index in [1.807, 2.05) is 0 Å². The molecule has 0 saturated carbocycles. The van der Waals surface area contributed by atoms with E-state index in [1.54, 1.807) is 13.0 Å².